The maximum atomic E-state index is 5.90. The van der Waals surface area contributed by atoms with Crippen molar-refractivity contribution in [3.05, 3.63) is 41.2 Å². The molecule has 0 amide bonds. The second kappa shape index (κ2) is 6.52. The first-order valence-electron chi connectivity index (χ1n) is 6.80. The Labute approximate surface area is 128 Å². The molecule has 1 fully saturated rings. The van der Waals surface area contributed by atoms with E-state index >= 15 is 0 Å². The number of piperazine rings is 1. The van der Waals surface area contributed by atoms with Gasteiger partial charge in [0, 0.05) is 49.3 Å². The lowest BCUT2D eigenvalue weighted by Crippen LogP contribution is -2.46. The lowest BCUT2D eigenvalue weighted by Gasteiger charge is -2.34. The summed E-state index contributed by atoms with van der Waals surface area (Å²) in [6.45, 7) is 5.36. The fraction of sp³-hybridized carbons (Fsp3) is 0.429. The second-order valence-corrected chi connectivity index (χ2v) is 6.12. The van der Waals surface area contributed by atoms with E-state index in [9.17, 15) is 0 Å². The van der Waals surface area contributed by atoms with Crippen molar-refractivity contribution in [2.24, 2.45) is 0 Å². The molecule has 0 N–H and O–H groups in total. The number of benzene rings is 1. The first kappa shape index (κ1) is 13.8. The van der Waals surface area contributed by atoms with Crippen molar-refractivity contribution in [3.63, 3.8) is 0 Å². The summed E-state index contributed by atoms with van der Waals surface area (Å²) < 4.78 is 4.06. The fourth-order valence-corrected chi connectivity index (χ4v) is 3.11. The molecule has 1 aliphatic heterocycles. The van der Waals surface area contributed by atoms with Gasteiger partial charge in [-0.15, -0.1) is 0 Å². The molecule has 20 heavy (non-hydrogen) atoms. The predicted octanol–water partition coefficient (Wildman–Crippen LogP) is 2.56. The minimum Gasteiger partial charge on any atom is -0.344 e. The van der Waals surface area contributed by atoms with E-state index < -0.39 is 0 Å². The van der Waals surface area contributed by atoms with Gasteiger partial charge in [-0.05, 0) is 24.1 Å². The molecule has 3 rings (SSSR count). The Morgan fingerprint density at radius 1 is 1.10 bits per heavy atom. The van der Waals surface area contributed by atoms with Crippen molar-refractivity contribution in [1.29, 1.82) is 0 Å². The van der Waals surface area contributed by atoms with Crippen LogP contribution in [0, 0.1) is 0 Å². The zero-order valence-electron chi connectivity index (χ0n) is 11.2. The van der Waals surface area contributed by atoms with Crippen LogP contribution >= 0.6 is 23.1 Å². The summed E-state index contributed by atoms with van der Waals surface area (Å²) in [7, 11) is 0. The molecule has 0 unspecified atom stereocenters. The molecule has 106 valence electrons. The number of hydrogen-bond acceptors (Lipinski definition) is 5. The van der Waals surface area contributed by atoms with E-state index in [0.29, 0.717) is 0 Å². The number of aromatic nitrogens is 2. The predicted molar refractivity (Wildman–Crippen MR) is 83.7 cm³/mol. The molecule has 0 saturated carbocycles. The quantitative estimate of drug-likeness (QED) is 0.869. The lowest BCUT2D eigenvalue weighted by molar-refractivity contribution is 0.261. The average molecular weight is 309 g/mol. The van der Waals surface area contributed by atoms with Gasteiger partial charge in [-0.25, -0.2) is 4.98 Å². The summed E-state index contributed by atoms with van der Waals surface area (Å²) in [5, 5.41) is 1.85. The van der Waals surface area contributed by atoms with Crippen molar-refractivity contribution in [2.45, 2.75) is 6.42 Å². The van der Waals surface area contributed by atoms with Gasteiger partial charge >= 0.3 is 0 Å². The molecule has 1 aromatic heterocycles. The van der Waals surface area contributed by atoms with Crippen molar-refractivity contribution >= 4 is 28.3 Å². The topological polar surface area (TPSA) is 32.3 Å². The normalized spacial score (nSPS) is 16.6. The molecule has 1 aliphatic rings. The molecule has 6 heteroatoms. The molecular formula is C14H17ClN4S. The second-order valence-electron chi connectivity index (χ2n) is 4.93. The Kier molecular flexibility index (Phi) is 4.50. The minimum atomic E-state index is 0.805. The van der Waals surface area contributed by atoms with Gasteiger partial charge in [-0.3, -0.25) is 4.90 Å². The number of halogens is 1. The zero-order chi connectivity index (χ0) is 13.8. The van der Waals surface area contributed by atoms with Gasteiger partial charge in [0.05, 0.1) is 0 Å². The highest BCUT2D eigenvalue weighted by Gasteiger charge is 2.18. The van der Waals surface area contributed by atoms with E-state index in [4.69, 9.17) is 11.6 Å². The summed E-state index contributed by atoms with van der Waals surface area (Å²) in [4.78, 5) is 9.09. The minimum absolute atomic E-state index is 0.805. The summed E-state index contributed by atoms with van der Waals surface area (Å²) in [5.41, 5.74) is 1.35. The van der Waals surface area contributed by atoms with Gasteiger partial charge in [0.2, 0.25) is 5.13 Å². The van der Waals surface area contributed by atoms with E-state index in [0.717, 1.165) is 49.3 Å². The maximum absolute atomic E-state index is 5.90. The number of nitrogens with zero attached hydrogens (tertiary/aromatic N) is 4. The average Bonchev–Trinajstić information content (AvgIpc) is 3.01. The molecule has 0 radical (unpaired) electrons. The van der Waals surface area contributed by atoms with Crippen molar-refractivity contribution in [1.82, 2.24) is 14.3 Å². The van der Waals surface area contributed by atoms with Gasteiger partial charge in [-0.1, -0.05) is 23.7 Å². The van der Waals surface area contributed by atoms with Gasteiger partial charge < -0.3 is 4.90 Å². The summed E-state index contributed by atoms with van der Waals surface area (Å²) >= 11 is 7.38. The third-order valence-corrected chi connectivity index (χ3v) is 4.60. The number of anilines is 1. The Morgan fingerprint density at radius 3 is 2.50 bits per heavy atom. The highest BCUT2D eigenvalue weighted by atomic mass is 35.5. The third-order valence-electron chi connectivity index (χ3n) is 3.62. The molecule has 4 nitrogen and oxygen atoms in total. The molecule has 2 aromatic rings. The van der Waals surface area contributed by atoms with Crippen molar-refractivity contribution in [3.8, 4) is 0 Å². The Bertz CT molecular complexity index is 521. The van der Waals surface area contributed by atoms with Crippen LogP contribution in [0.4, 0.5) is 5.13 Å². The Hall–Kier alpha value is -1.17. The van der Waals surface area contributed by atoms with Gasteiger partial charge in [0.15, 0.2) is 0 Å². The third kappa shape index (κ3) is 3.48. The molecule has 0 bridgehead atoms. The fourth-order valence-electron chi connectivity index (χ4n) is 2.41. The Morgan fingerprint density at radius 2 is 1.85 bits per heavy atom. The SMILES string of the molecule is Clc1ccc(CCN2CCN(c3ncns3)CC2)cc1. The summed E-state index contributed by atoms with van der Waals surface area (Å²) in [5.74, 6) is 0. The highest BCUT2D eigenvalue weighted by Crippen LogP contribution is 2.17. The van der Waals surface area contributed by atoms with Crippen molar-refractivity contribution in [2.75, 3.05) is 37.6 Å². The van der Waals surface area contributed by atoms with Gasteiger partial charge in [-0.2, -0.15) is 4.37 Å². The molecule has 0 atom stereocenters. The van der Waals surface area contributed by atoms with Crippen LogP contribution in [0.5, 0.6) is 0 Å². The standard InChI is InChI=1S/C14H17ClN4S/c15-13-3-1-12(2-4-13)5-6-18-7-9-19(10-8-18)14-16-11-17-20-14/h1-4,11H,5-10H2. The van der Waals surface area contributed by atoms with Gasteiger partial charge in [0.25, 0.3) is 0 Å². The molecule has 1 saturated heterocycles. The van der Waals surface area contributed by atoms with E-state index in [-0.39, 0.29) is 0 Å². The van der Waals surface area contributed by atoms with E-state index in [1.807, 2.05) is 12.1 Å². The van der Waals surface area contributed by atoms with E-state index in [1.54, 1.807) is 6.33 Å². The lowest BCUT2D eigenvalue weighted by atomic mass is 10.1. The highest BCUT2D eigenvalue weighted by molar-refractivity contribution is 7.09. The number of rotatable bonds is 4. The van der Waals surface area contributed by atoms with Crippen LogP contribution < -0.4 is 4.90 Å². The van der Waals surface area contributed by atoms with Gasteiger partial charge in [0.1, 0.15) is 6.33 Å². The monoisotopic (exact) mass is 308 g/mol. The van der Waals surface area contributed by atoms with Crippen LogP contribution in [-0.4, -0.2) is 47.0 Å². The van der Waals surface area contributed by atoms with Crippen LogP contribution in [0.3, 0.4) is 0 Å². The van der Waals surface area contributed by atoms with Crippen LogP contribution in [0.2, 0.25) is 5.02 Å². The summed E-state index contributed by atoms with van der Waals surface area (Å²) in [6.07, 6.45) is 2.71. The summed E-state index contributed by atoms with van der Waals surface area (Å²) in [6, 6.07) is 8.15. The molecular weight excluding hydrogens is 292 g/mol. The molecule has 0 aliphatic carbocycles. The zero-order valence-corrected chi connectivity index (χ0v) is 12.8. The first-order chi connectivity index (χ1) is 9.81. The largest absolute Gasteiger partial charge is 0.344 e. The Balaban J connectivity index is 1.45. The van der Waals surface area contributed by atoms with Crippen LogP contribution in [-0.2, 0) is 6.42 Å². The van der Waals surface area contributed by atoms with Crippen LogP contribution in [0.25, 0.3) is 0 Å². The first-order valence-corrected chi connectivity index (χ1v) is 7.95. The van der Waals surface area contributed by atoms with Crippen LogP contribution in [0.1, 0.15) is 5.56 Å². The maximum Gasteiger partial charge on any atom is 0.205 e. The molecule has 0 spiro atoms. The molecule has 2 heterocycles. The smallest absolute Gasteiger partial charge is 0.205 e. The number of hydrogen-bond donors (Lipinski definition) is 0. The molecule has 1 aromatic carbocycles. The van der Waals surface area contributed by atoms with E-state index in [1.165, 1.54) is 17.1 Å². The van der Waals surface area contributed by atoms with Crippen LogP contribution in [0.15, 0.2) is 30.6 Å². The van der Waals surface area contributed by atoms with E-state index in [2.05, 4.69) is 31.3 Å². The van der Waals surface area contributed by atoms with Crippen molar-refractivity contribution < 1.29 is 0 Å².